The van der Waals surface area contributed by atoms with Gasteiger partial charge < -0.3 is 9.47 Å². The minimum Gasteiger partial charge on any atom is -0.489 e. The van der Waals surface area contributed by atoms with Crippen molar-refractivity contribution in [2.45, 2.75) is 6.61 Å². The molecule has 0 aliphatic heterocycles. The molecule has 0 aliphatic carbocycles. The van der Waals surface area contributed by atoms with Crippen molar-refractivity contribution in [3.8, 4) is 5.75 Å². The lowest BCUT2D eigenvalue weighted by atomic mass is 10.2. The maximum absolute atomic E-state index is 11.0. The van der Waals surface area contributed by atoms with Gasteiger partial charge in [-0.1, -0.05) is 18.2 Å². The molecule has 2 aromatic rings. The van der Waals surface area contributed by atoms with Crippen molar-refractivity contribution in [3.05, 3.63) is 66.0 Å². The lowest BCUT2D eigenvalue weighted by Crippen LogP contribution is -1.95. The number of hydrogen-bond donors (Lipinski definition) is 0. The van der Waals surface area contributed by atoms with Crippen molar-refractivity contribution in [3.63, 3.8) is 0 Å². The average molecular weight is 269 g/mol. The zero-order valence-corrected chi connectivity index (χ0v) is 11.2. The Morgan fingerprint density at radius 2 is 2.05 bits per heavy atom. The van der Waals surface area contributed by atoms with Crippen molar-refractivity contribution < 1.29 is 14.3 Å². The molecule has 0 radical (unpaired) electrons. The van der Waals surface area contributed by atoms with Gasteiger partial charge in [0.05, 0.1) is 7.11 Å². The van der Waals surface area contributed by atoms with Gasteiger partial charge in [-0.3, -0.25) is 4.98 Å². The smallest absolute Gasteiger partial charge is 0.330 e. The molecule has 1 heterocycles. The van der Waals surface area contributed by atoms with Crippen LogP contribution in [-0.4, -0.2) is 18.1 Å². The van der Waals surface area contributed by atoms with E-state index in [2.05, 4.69) is 9.72 Å². The van der Waals surface area contributed by atoms with Crippen LogP contribution in [0, 0.1) is 0 Å². The second-order valence-corrected chi connectivity index (χ2v) is 4.08. The summed E-state index contributed by atoms with van der Waals surface area (Å²) in [4.78, 5) is 15.0. The van der Waals surface area contributed by atoms with Crippen LogP contribution in [0.3, 0.4) is 0 Å². The second kappa shape index (κ2) is 7.09. The first-order chi connectivity index (χ1) is 9.78. The minimum absolute atomic E-state index is 0.373. The molecule has 0 unspecified atom stereocenters. The van der Waals surface area contributed by atoms with E-state index in [-0.39, 0.29) is 5.97 Å². The van der Waals surface area contributed by atoms with Crippen molar-refractivity contribution in [2.75, 3.05) is 7.11 Å². The van der Waals surface area contributed by atoms with E-state index in [0.29, 0.717) is 6.61 Å². The second-order valence-electron chi connectivity index (χ2n) is 4.08. The van der Waals surface area contributed by atoms with Gasteiger partial charge in [0.2, 0.25) is 0 Å². The van der Waals surface area contributed by atoms with Crippen molar-refractivity contribution in [2.24, 2.45) is 0 Å². The molecule has 0 aliphatic rings. The van der Waals surface area contributed by atoms with E-state index in [0.717, 1.165) is 16.9 Å². The number of pyridine rings is 1. The Balaban J connectivity index is 1.91. The Morgan fingerprint density at radius 3 is 2.70 bits per heavy atom. The number of methoxy groups -OCH3 is 1. The Labute approximate surface area is 117 Å². The molecule has 4 heteroatoms. The van der Waals surface area contributed by atoms with E-state index in [1.54, 1.807) is 18.5 Å². The summed E-state index contributed by atoms with van der Waals surface area (Å²) in [5.74, 6) is 0.394. The summed E-state index contributed by atoms with van der Waals surface area (Å²) >= 11 is 0. The fourth-order valence-corrected chi connectivity index (χ4v) is 1.56. The summed E-state index contributed by atoms with van der Waals surface area (Å²) < 4.78 is 10.2. The number of hydrogen-bond acceptors (Lipinski definition) is 4. The van der Waals surface area contributed by atoms with Crippen molar-refractivity contribution in [1.82, 2.24) is 4.98 Å². The van der Waals surface area contributed by atoms with Gasteiger partial charge in [-0.05, 0) is 29.8 Å². The third-order valence-electron chi connectivity index (χ3n) is 2.62. The Bertz CT molecular complexity index is 576. The van der Waals surface area contributed by atoms with Gasteiger partial charge in [0, 0.05) is 24.0 Å². The largest absolute Gasteiger partial charge is 0.489 e. The van der Waals surface area contributed by atoms with E-state index in [1.165, 1.54) is 13.2 Å². The van der Waals surface area contributed by atoms with E-state index in [1.807, 2.05) is 36.4 Å². The Hall–Kier alpha value is -2.62. The van der Waals surface area contributed by atoms with Gasteiger partial charge >= 0.3 is 5.97 Å². The molecule has 0 spiro atoms. The van der Waals surface area contributed by atoms with Crippen LogP contribution in [-0.2, 0) is 16.1 Å². The van der Waals surface area contributed by atoms with Crippen LogP contribution in [0.5, 0.6) is 5.75 Å². The lowest BCUT2D eigenvalue weighted by Gasteiger charge is -2.06. The summed E-state index contributed by atoms with van der Waals surface area (Å²) in [6.45, 7) is 0.477. The number of rotatable bonds is 5. The van der Waals surface area contributed by atoms with Gasteiger partial charge in [-0.15, -0.1) is 0 Å². The van der Waals surface area contributed by atoms with Gasteiger partial charge in [0.1, 0.15) is 12.4 Å². The quantitative estimate of drug-likeness (QED) is 0.618. The van der Waals surface area contributed by atoms with Crippen molar-refractivity contribution >= 4 is 12.0 Å². The summed E-state index contributed by atoms with van der Waals surface area (Å²) in [7, 11) is 1.35. The molecule has 2 rings (SSSR count). The highest BCUT2D eigenvalue weighted by atomic mass is 16.5. The molecule has 1 aromatic carbocycles. The first-order valence-corrected chi connectivity index (χ1v) is 6.16. The molecule has 20 heavy (non-hydrogen) atoms. The lowest BCUT2D eigenvalue weighted by molar-refractivity contribution is -0.134. The molecule has 4 nitrogen and oxygen atoms in total. The van der Waals surface area contributed by atoms with Gasteiger partial charge in [0.25, 0.3) is 0 Å². The molecule has 0 atom stereocenters. The minimum atomic E-state index is -0.373. The van der Waals surface area contributed by atoms with E-state index in [4.69, 9.17) is 4.74 Å². The number of nitrogens with zero attached hydrogens (tertiary/aromatic N) is 1. The van der Waals surface area contributed by atoms with E-state index >= 15 is 0 Å². The van der Waals surface area contributed by atoms with Gasteiger partial charge in [-0.2, -0.15) is 0 Å². The maximum atomic E-state index is 11.0. The summed E-state index contributed by atoms with van der Waals surface area (Å²) in [5, 5.41) is 0. The molecule has 0 amide bonds. The molecule has 102 valence electrons. The normalized spacial score (nSPS) is 10.4. The molecule has 0 bridgehead atoms. The van der Waals surface area contributed by atoms with Crippen molar-refractivity contribution in [1.29, 1.82) is 0 Å². The molecular formula is C16H15NO3. The molecule has 0 saturated heterocycles. The monoisotopic (exact) mass is 269 g/mol. The van der Waals surface area contributed by atoms with Gasteiger partial charge in [-0.25, -0.2) is 4.79 Å². The van der Waals surface area contributed by atoms with Crippen LogP contribution in [0.15, 0.2) is 54.9 Å². The highest BCUT2D eigenvalue weighted by molar-refractivity contribution is 5.86. The fourth-order valence-electron chi connectivity index (χ4n) is 1.56. The Morgan fingerprint density at radius 1 is 1.25 bits per heavy atom. The summed E-state index contributed by atoms with van der Waals surface area (Å²) in [6, 6.07) is 11.3. The summed E-state index contributed by atoms with van der Waals surface area (Å²) in [5.41, 5.74) is 1.92. The number of aromatic nitrogens is 1. The number of ether oxygens (including phenoxy) is 2. The predicted octanol–water partition coefficient (Wildman–Crippen LogP) is 2.85. The van der Waals surface area contributed by atoms with Crippen LogP contribution in [0.4, 0.5) is 0 Å². The Kier molecular flexibility index (Phi) is 4.89. The van der Waals surface area contributed by atoms with Crippen LogP contribution < -0.4 is 4.74 Å². The first-order valence-electron chi connectivity index (χ1n) is 6.16. The number of benzene rings is 1. The number of carbonyl (C=O) groups is 1. The molecule has 0 N–H and O–H groups in total. The van der Waals surface area contributed by atoms with Crippen LogP contribution >= 0.6 is 0 Å². The highest BCUT2D eigenvalue weighted by Crippen LogP contribution is 2.14. The standard InChI is InChI=1S/C16H15NO3/c1-19-16(18)9-6-13-4-7-15(8-5-13)20-12-14-3-2-10-17-11-14/h2-11H,12H2,1H3/b9-6+. The molecular weight excluding hydrogens is 254 g/mol. The molecule has 0 fully saturated rings. The average Bonchev–Trinajstić information content (AvgIpc) is 2.52. The highest BCUT2D eigenvalue weighted by Gasteiger charge is 1.97. The van der Waals surface area contributed by atoms with Crippen LogP contribution in [0.2, 0.25) is 0 Å². The van der Waals surface area contributed by atoms with Gasteiger partial charge in [0.15, 0.2) is 0 Å². The molecule has 0 saturated carbocycles. The van der Waals surface area contributed by atoms with Crippen LogP contribution in [0.1, 0.15) is 11.1 Å². The zero-order valence-electron chi connectivity index (χ0n) is 11.2. The maximum Gasteiger partial charge on any atom is 0.330 e. The predicted molar refractivity (Wildman–Crippen MR) is 76.1 cm³/mol. The van der Waals surface area contributed by atoms with Crippen LogP contribution in [0.25, 0.3) is 6.08 Å². The SMILES string of the molecule is COC(=O)/C=C/c1ccc(OCc2cccnc2)cc1. The zero-order chi connectivity index (χ0) is 14.2. The fraction of sp³-hybridized carbons (Fsp3) is 0.125. The third kappa shape index (κ3) is 4.24. The molecule has 1 aromatic heterocycles. The summed E-state index contributed by atoms with van der Waals surface area (Å²) in [6.07, 6.45) is 6.57. The number of esters is 1. The van der Waals surface area contributed by atoms with E-state index < -0.39 is 0 Å². The topological polar surface area (TPSA) is 48.4 Å². The third-order valence-corrected chi connectivity index (χ3v) is 2.62. The van der Waals surface area contributed by atoms with E-state index in [9.17, 15) is 4.79 Å². The number of carbonyl (C=O) groups excluding carboxylic acids is 1. The first kappa shape index (κ1) is 13.8.